The van der Waals surface area contributed by atoms with Gasteiger partial charge in [-0.05, 0) is 63.0 Å². The zero-order chi connectivity index (χ0) is 13.2. The first-order valence-electron chi connectivity index (χ1n) is 7.37. The zero-order valence-corrected chi connectivity index (χ0v) is 12.1. The Labute approximate surface area is 112 Å². The van der Waals surface area contributed by atoms with E-state index in [1.165, 1.54) is 48.8 Å². The van der Waals surface area contributed by atoms with Crippen molar-refractivity contribution >= 4 is 0 Å². The molecule has 1 aromatic carbocycles. The molecule has 0 radical (unpaired) electrons. The first-order valence-corrected chi connectivity index (χ1v) is 7.37. The van der Waals surface area contributed by atoms with Crippen LogP contribution >= 0.6 is 0 Å². The van der Waals surface area contributed by atoms with Gasteiger partial charge >= 0.3 is 0 Å². The van der Waals surface area contributed by atoms with Crippen molar-refractivity contribution in [1.82, 2.24) is 0 Å². The summed E-state index contributed by atoms with van der Waals surface area (Å²) < 4.78 is 0. The second-order valence-corrected chi connectivity index (χ2v) is 6.32. The van der Waals surface area contributed by atoms with E-state index in [2.05, 4.69) is 39.0 Å². The maximum absolute atomic E-state index is 6.63. The highest BCUT2D eigenvalue weighted by Crippen LogP contribution is 2.34. The fraction of sp³-hybridized carbons (Fsp3) is 0.647. The van der Waals surface area contributed by atoms with E-state index in [-0.39, 0.29) is 5.54 Å². The normalized spacial score (nSPS) is 28.3. The second-order valence-electron chi connectivity index (χ2n) is 6.32. The van der Waals surface area contributed by atoms with Gasteiger partial charge in [-0.2, -0.15) is 0 Å². The molecule has 18 heavy (non-hydrogen) atoms. The summed E-state index contributed by atoms with van der Waals surface area (Å²) in [6, 6.07) is 6.73. The lowest BCUT2D eigenvalue weighted by molar-refractivity contribution is 0.228. The predicted molar refractivity (Wildman–Crippen MR) is 78.8 cm³/mol. The van der Waals surface area contributed by atoms with Crippen LogP contribution in [0.25, 0.3) is 0 Å². The molecule has 0 bridgehead atoms. The standard InChI is InChI=1S/C17H27N/c1-4-15-7-9-17(18,10-8-15)12-16-11-13(2)5-6-14(16)3/h5-6,11,15H,4,7-10,12,18H2,1-3H3. The van der Waals surface area contributed by atoms with Crippen molar-refractivity contribution in [3.05, 3.63) is 34.9 Å². The van der Waals surface area contributed by atoms with E-state index in [9.17, 15) is 0 Å². The lowest BCUT2D eigenvalue weighted by atomic mass is 9.73. The van der Waals surface area contributed by atoms with Crippen LogP contribution in [0.1, 0.15) is 55.7 Å². The minimum atomic E-state index is 0.0459. The van der Waals surface area contributed by atoms with Gasteiger partial charge in [0.25, 0.3) is 0 Å². The van der Waals surface area contributed by atoms with E-state index in [0.29, 0.717) is 0 Å². The van der Waals surface area contributed by atoms with Gasteiger partial charge in [-0.1, -0.05) is 37.1 Å². The summed E-state index contributed by atoms with van der Waals surface area (Å²) in [6.07, 6.45) is 7.39. The van der Waals surface area contributed by atoms with Gasteiger partial charge in [0.2, 0.25) is 0 Å². The maximum Gasteiger partial charge on any atom is 0.0195 e. The molecule has 1 aliphatic rings. The van der Waals surface area contributed by atoms with Crippen LogP contribution in [-0.2, 0) is 6.42 Å². The number of hydrogen-bond acceptors (Lipinski definition) is 1. The highest BCUT2D eigenvalue weighted by Gasteiger charge is 2.31. The topological polar surface area (TPSA) is 26.0 Å². The summed E-state index contributed by atoms with van der Waals surface area (Å²) in [5, 5.41) is 0. The Morgan fingerprint density at radius 2 is 1.89 bits per heavy atom. The Hall–Kier alpha value is -0.820. The smallest absolute Gasteiger partial charge is 0.0195 e. The van der Waals surface area contributed by atoms with Gasteiger partial charge in [0.05, 0.1) is 0 Å². The van der Waals surface area contributed by atoms with E-state index in [1.807, 2.05) is 0 Å². The van der Waals surface area contributed by atoms with Crippen LogP contribution in [-0.4, -0.2) is 5.54 Å². The van der Waals surface area contributed by atoms with Crippen molar-refractivity contribution in [3.63, 3.8) is 0 Å². The number of benzene rings is 1. The lowest BCUT2D eigenvalue weighted by Crippen LogP contribution is -2.45. The minimum Gasteiger partial charge on any atom is -0.325 e. The molecule has 100 valence electrons. The fourth-order valence-electron chi connectivity index (χ4n) is 3.21. The molecule has 1 nitrogen and oxygen atoms in total. The van der Waals surface area contributed by atoms with Gasteiger partial charge < -0.3 is 5.73 Å². The van der Waals surface area contributed by atoms with Crippen molar-refractivity contribution in [2.75, 3.05) is 0 Å². The van der Waals surface area contributed by atoms with E-state index in [0.717, 1.165) is 12.3 Å². The first-order chi connectivity index (χ1) is 8.52. The van der Waals surface area contributed by atoms with Crippen molar-refractivity contribution in [2.45, 2.75) is 64.8 Å². The summed E-state index contributed by atoms with van der Waals surface area (Å²) >= 11 is 0. The molecular weight excluding hydrogens is 218 g/mol. The largest absolute Gasteiger partial charge is 0.325 e. The molecule has 2 rings (SSSR count). The van der Waals surface area contributed by atoms with Gasteiger partial charge in [-0.25, -0.2) is 0 Å². The average Bonchev–Trinajstić information content (AvgIpc) is 2.35. The number of hydrogen-bond donors (Lipinski definition) is 1. The summed E-state index contributed by atoms with van der Waals surface area (Å²) in [6.45, 7) is 6.68. The summed E-state index contributed by atoms with van der Waals surface area (Å²) in [7, 11) is 0. The van der Waals surface area contributed by atoms with E-state index in [4.69, 9.17) is 5.73 Å². The molecule has 1 saturated carbocycles. The zero-order valence-electron chi connectivity index (χ0n) is 12.1. The quantitative estimate of drug-likeness (QED) is 0.851. The Bertz CT molecular complexity index is 400. The van der Waals surface area contributed by atoms with Crippen molar-refractivity contribution in [1.29, 1.82) is 0 Å². The van der Waals surface area contributed by atoms with Crippen molar-refractivity contribution < 1.29 is 0 Å². The van der Waals surface area contributed by atoms with Crippen LogP contribution < -0.4 is 5.73 Å². The average molecular weight is 245 g/mol. The maximum atomic E-state index is 6.63. The summed E-state index contributed by atoms with van der Waals surface area (Å²) in [5.41, 5.74) is 10.9. The van der Waals surface area contributed by atoms with Gasteiger partial charge in [0.1, 0.15) is 0 Å². The van der Waals surface area contributed by atoms with Crippen molar-refractivity contribution in [2.24, 2.45) is 11.7 Å². The second kappa shape index (κ2) is 5.44. The van der Waals surface area contributed by atoms with Gasteiger partial charge in [-0.15, -0.1) is 0 Å². The Morgan fingerprint density at radius 1 is 1.22 bits per heavy atom. The minimum absolute atomic E-state index is 0.0459. The molecule has 1 fully saturated rings. The molecule has 0 unspecified atom stereocenters. The first kappa shape index (κ1) is 13.6. The lowest BCUT2D eigenvalue weighted by Gasteiger charge is -2.37. The van der Waals surface area contributed by atoms with E-state index >= 15 is 0 Å². The van der Waals surface area contributed by atoms with Crippen LogP contribution in [0.4, 0.5) is 0 Å². The predicted octanol–water partition coefficient (Wildman–Crippen LogP) is 4.14. The van der Waals surface area contributed by atoms with Crippen molar-refractivity contribution in [3.8, 4) is 0 Å². The third-order valence-electron chi connectivity index (χ3n) is 4.73. The molecule has 0 atom stereocenters. The molecule has 0 heterocycles. The third-order valence-corrected chi connectivity index (χ3v) is 4.73. The third kappa shape index (κ3) is 3.14. The number of rotatable bonds is 3. The molecule has 0 amide bonds. The summed E-state index contributed by atoms with van der Waals surface area (Å²) in [4.78, 5) is 0. The summed E-state index contributed by atoms with van der Waals surface area (Å²) in [5.74, 6) is 0.917. The molecule has 1 aromatic rings. The molecule has 0 spiro atoms. The molecule has 1 aliphatic carbocycles. The van der Waals surface area contributed by atoms with Crippen LogP contribution in [0, 0.1) is 19.8 Å². The monoisotopic (exact) mass is 245 g/mol. The highest BCUT2D eigenvalue weighted by molar-refractivity contribution is 5.32. The fourth-order valence-corrected chi connectivity index (χ4v) is 3.21. The van der Waals surface area contributed by atoms with Crippen LogP contribution in [0.2, 0.25) is 0 Å². The molecule has 1 heteroatoms. The van der Waals surface area contributed by atoms with Gasteiger partial charge in [0.15, 0.2) is 0 Å². The van der Waals surface area contributed by atoms with Crippen LogP contribution in [0.3, 0.4) is 0 Å². The van der Waals surface area contributed by atoms with E-state index in [1.54, 1.807) is 0 Å². The van der Waals surface area contributed by atoms with Crippen LogP contribution in [0.15, 0.2) is 18.2 Å². The molecule has 0 aromatic heterocycles. The number of aryl methyl sites for hydroxylation is 2. The molecule has 2 N–H and O–H groups in total. The SMILES string of the molecule is CCC1CCC(N)(Cc2cc(C)ccc2C)CC1. The Kier molecular flexibility index (Phi) is 4.11. The molecular formula is C17H27N. The molecule has 0 aliphatic heterocycles. The van der Waals surface area contributed by atoms with Crippen LogP contribution in [0.5, 0.6) is 0 Å². The van der Waals surface area contributed by atoms with Gasteiger partial charge in [0, 0.05) is 5.54 Å². The van der Waals surface area contributed by atoms with E-state index < -0.39 is 0 Å². The highest BCUT2D eigenvalue weighted by atomic mass is 14.7. The van der Waals surface area contributed by atoms with Gasteiger partial charge in [-0.3, -0.25) is 0 Å². The number of nitrogens with two attached hydrogens (primary N) is 1. The Balaban J connectivity index is 2.06. The Morgan fingerprint density at radius 3 is 2.50 bits per heavy atom. The molecule has 0 saturated heterocycles.